The van der Waals surface area contributed by atoms with Crippen LogP contribution in [0.3, 0.4) is 0 Å². The zero-order valence-corrected chi connectivity index (χ0v) is 18.7. The number of hydrogen-bond acceptors (Lipinski definition) is 3. The maximum Gasteiger partial charge on any atom is 0.243 e. The van der Waals surface area contributed by atoms with Gasteiger partial charge in [-0.1, -0.05) is 29.8 Å². The SMILES string of the molecule is Cc1cc(C)c(S(=O)(=O)N2CCC(C(=O)Nc3cccc(C)c3C)CC2)c(C)c1. The van der Waals surface area contributed by atoms with Crippen molar-refractivity contribution in [3.05, 3.63) is 58.1 Å². The van der Waals surface area contributed by atoms with E-state index >= 15 is 0 Å². The van der Waals surface area contributed by atoms with Crippen LogP contribution in [0.4, 0.5) is 5.69 Å². The molecule has 0 radical (unpaired) electrons. The third-order valence-corrected chi connectivity index (χ3v) is 8.09. The number of sulfonamides is 1. The van der Waals surface area contributed by atoms with Gasteiger partial charge in [-0.3, -0.25) is 4.79 Å². The van der Waals surface area contributed by atoms with Gasteiger partial charge in [0.25, 0.3) is 0 Å². The van der Waals surface area contributed by atoms with Crippen molar-refractivity contribution in [3.63, 3.8) is 0 Å². The highest BCUT2D eigenvalue weighted by molar-refractivity contribution is 7.89. The van der Waals surface area contributed by atoms with E-state index in [0.29, 0.717) is 30.8 Å². The second-order valence-corrected chi connectivity index (χ2v) is 10.0. The molecular formula is C23H30N2O3S. The number of amides is 1. The van der Waals surface area contributed by atoms with E-state index in [1.54, 1.807) is 0 Å². The summed E-state index contributed by atoms with van der Waals surface area (Å²) in [7, 11) is -3.56. The number of nitrogens with one attached hydrogen (secondary N) is 1. The number of aryl methyl sites for hydroxylation is 4. The molecule has 1 aliphatic rings. The quantitative estimate of drug-likeness (QED) is 0.812. The summed E-state index contributed by atoms with van der Waals surface area (Å²) in [5.41, 5.74) is 5.63. The number of nitrogens with zero attached hydrogens (tertiary/aromatic N) is 1. The van der Waals surface area contributed by atoms with Crippen LogP contribution in [0.25, 0.3) is 0 Å². The highest BCUT2D eigenvalue weighted by atomic mass is 32.2. The lowest BCUT2D eigenvalue weighted by atomic mass is 9.97. The van der Waals surface area contributed by atoms with E-state index in [4.69, 9.17) is 0 Å². The molecule has 1 aliphatic heterocycles. The van der Waals surface area contributed by atoms with Crippen molar-refractivity contribution in [2.75, 3.05) is 18.4 Å². The highest BCUT2D eigenvalue weighted by Gasteiger charge is 2.33. The summed E-state index contributed by atoms with van der Waals surface area (Å²) in [6.45, 7) is 10.4. The fourth-order valence-electron chi connectivity index (χ4n) is 4.18. The van der Waals surface area contributed by atoms with E-state index in [9.17, 15) is 13.2 Å². The van der Waals surface area contributed by atoms with E-state index in [0.717, 1.165) is 33.5 Å². The Labute approximate surface area is 174 Å². The minimum Gasteiger partial charge on any atom is -0.326 e. The van der Waals surface area contributed by atoms with E-state index in [-0.39, 0.29) is 11.8 Å². The van der Waals surface area contributed by atoms with Gasteiger partial charge in [-0.15, -0.1) is 0 Å². The van der Waals surface area contributed by atoms with Gasteiger partial charge in [0, 0.05) is 24.7 Å². The summed E-state index contributed by atoms with van der Waals surface area (Å²) < 4.78 is 28.0. The Bertz CT molecular complexity index is 1010. The number of carbonyl (C=O) groups is 1. The van der Waals surface area contributed by atoms with Crippen LogP contribution in [0, 0.1) is 40.5 Å². The number of piperidine rings is 1. The summed E-state index contributed by atoms with van der Waals surface area (Å²) in [4.78, 5) is 13.1. The number of hydrogen-bond donors (Lipinski definition) is 1. The number of rotatable bonds is 4. The van der Waals surface area contributed by atoms with Gasteiger partial charge in [-0.25, -0.2) is 8.42 Å². The molecule has 29 heavy (non-hydrogen) atoms. The summed E-state index contributed by atoms with van der Waals surface area (Å²) >= 11 is 0. The zero-order chi connectivity index (χ0) is 21.3. The smallest absolute Gasteiger partial charge is 0.243 e. The topological polar surface area (TPSA) is 66.5 Å². The average Bonchev–Trinajstić information content (AvgIpc) is 2.64. The minimum absolute atomic E-state index is 0.0292. The third-order valence-electron chi connectivity index (χ3n) is 5.89. The average molecular weight is 415 g/mol. The molecule has 0 atom stereocenters. The van der Waals surface area contributed by atoms with Crippen molar-refractivity contribution >= 4 is 21.6 Å². The van der Waals surface area contributed by atoms with Crippen molar-refractivity contribution < 1.29 is 13.2 Å². The Morgan fingerprint density at radius 3 is 2.14 bits per heavy atom. The van der Waals surface area contributed by atoms with Crippen molar-refractivity contribution in [3.8, 4) is 0 Å². The predicted molar refractivity (Wildman–Crippen MR) is 117 cm³/mol. The van der Waals surface area contributed by atoms with Gasteiger partial charge in [0.2, 0.25) is 15.9 Å². The molecule has 0 saturated carbocycles. The van der Waals surface area contributed by atoms with Crippen molar-refractivity contribution in [1.82, 2.24) is 4.31 Å². The van der Waals surface area contributed by atoms with Crippen LogP contribution >= 0.6 is 0 Å². The maximum atomic E-state index is 13.2. The first-order valence-electron chi connectivity index (χ1n) is 10.1. The van der Waals surface area contributed by atoms with Crippen LogP contribution < -0.4 is 5.32 Å². The van der Waals surface area contributed by atoms with E-state index < -0.39 is 10.0 Å². The first-order chi connectivity index (χ1) is 13.6. The second-order valence-electron chi connectivity index (χ2n) is 8.14. The van der Waals surface area contributed by atoms with Crippen molar-refractivity contribution in [1.29, 1.82) is 0 Å². The molecule has 0 unspecified atom stereocenters. The second kappa shape index (κ2) is 8.28. The number of benzene rings is 2. The molecule has 1 fully saturated rings. The summed E-state index contributed by atoms with van der Waals surface area (Å²) in [6, 6.07) is 9.67. The predicted octanol–water partition coefficient (Wildman–Crippen LogP) is 4.27. The Kier molecular flexibility index (Phi) is 6.15. The first-order valence-corrected chi connectivity index (χ1v) is 11.5. The van der Waals surface area contributed by atoms with E-state index in [2.05, 4.69) is 5.32 Å². The largest absolute Gasteiger partial charge is 0.326 e. The Morgan fingerprint density at radius 1 is 0.966 bits per heavy atom. The van der Waals surface area contributed by atoms with Gasteiger partial charge < -0.3 is 5.32 Å². The minimum atomic E-state index is -3.56. The third kappa shape index (κ3) is 4.38. The molecule has 1 saturated heterocycles. The Balaban J connectivity index is 1.70. The molecule has 1 N–H and O–H groups in total. The monoisotopic (exact) mass is 414 g/mol. The normalized spacial score (nSPS) is 16.0. The van der Waals surface area contributed by atoms with Crippen molar-refractivity contribution in [2.24, 2.45) is 5.92 Å². The summed E-state index contributed by atoms with van der Waals surface area (Å²) in [5.74, 6) is -0.208. The molecular weight excluding hydrogens is 384 g/mol. The zero-order valence-electron chi connectivity index (χ0n) is 17.9. The van der Waals surface area contributed by atoms with Gasteiger partial charge in [-0.05, 0) is 75.8 Å². The van der Waals surface area contributed by atoms with E-state index in [1.165, 1.54) is 4.31 Å². The van der Waals surface area contributed by atoms with Crippen LogP contribution in [-0.4, -0.2) is 31.7 Å². The van der Waals surface area contributed by atoms with Crippen LogP contribution in [0.5, 0.6) is 0 Å². The lowest BCUT2D eigenvalue weighted by Crippen LogP contribution is -2.41. The van der Waals surface area contributed by atoms with Crippen LogP contribution in [0.15, 0.2) is 35.2 Å². The maximum absolute atomic E-state index is 13.2. The Hall–Kier alpha value is -2.18. The number of carbonyl (C=O) groups excluding carboxylic acids is 1. The van der Waals surface area contributed by atoms with Crippen LogP contribution in [0.2, 0.25) is 0 Å². The molecule has 1 amide bonds. The lowest BCUT2D eigenvalue weighted by Gasteiger charge is -2.31. The molecule has 5 nitrogen and oxygen atoms in total. The highest BCUT2D eigenvalue weighted by Crippen LogP contribution is 2.29. The molecule has 3 rings (SSSR count). The molecule has 0 spiro atoms. The standard InChI is InChI=1S/C23H30N2O3S/c1-15-13-17(3)22(18(4)14-15)29(27,28)25-11-9-20(10-12-25)23(26)24-21-8-6-7-16(2)19(21)5/h6-8,13-14,20H,9-12H2,1-5H3,(H,24,26). The Morgan fingerprint density at radius 2 is 1.55 bits per heavy atom. The lowest BCUT2D eigenvalue weighted by molar-refractivity contribution is -0.120. The van der Waals surface area contributed by atoms with Gasteiger partial charge in [0.15, 0.2) is 0 Å². The first kappa shape index (κ1) is 21.5. The van der Waals surface area contributed by atoms with Gasteiger partial charge >= 0.3 is 0 Å². The molecule has 0 aromatic heterocycles. The van der Waals surface area contributed by atoms with Gasteiger partial charge in [-0.2, -0.15) is 4.31 Å². The fourth-order valence-corrected chi connectivity index (χ4v) is 6.06. The number of anilines is 1. The molecule has 1 heterocycles. The molecule has 0 bridgehead atoms. The molecule has 2 aromatic rings. The molecule has 6 heteroatoms. The van der Waals surface area contributed by atoms with Crippen LogP contribution in [0.1, 0.15) is 40.7 Å². The summed E-state index contributed by atoms with van der Waals surface area (Å²) in [6.07, 6.45) is 1.06. The van der Waals surface area contributed by atoms with Crippen LogP contribution in [-0.2, 0) is 14.8 Å². The van der Waals surface area contributed by atoms with Gasteiger partial charge in [0.05, 0.1) is 4.90 Å². The molecule has 156 valence electrons. The van der Waals surface area contributed by atoms with Crippen molar-refractivity contribution in [2.45, 2.75) is 52.4 Å². The summed E-state index contributed by atoms with van der Waals surface area (Å²) in [5, 5.41) is 3.02. The molecule has 0 aliphatic carbocycles. The molecule has 2 aromatic carbocycles. The van der Waals surface area contributed by atoms with Gasteiger partial charge in [0.1, 0.15) is 0 Å². The van der Waals surface area contributed by atoms with E-state index in [1.807, 2.05) is 65.0 Å². The fraction of sp³-hybridized carbons (Fsp3) is 0.435.